The normalized spacial score (nSPS) is 11.7. The predicted octanol–water partition coefficient (Wildman–Crippen LogP) is 28.7. The number of thiophene rings is 2. The van der Waals surface area contributed by atoms with Gasteiger partial charge in [0.1, 0.15) is 0 Å². The van der Waals surface area contributed by atoms with Crippen LogP contribution in [-0.4, -0.2) is 0 Å². The predicted molar refractivity (Wildman–Crippen MR) is 440 cm³/mol. The maximum Gasteiger partial charge on any atom is 0.0491 e. The number of anilines is 12. The molecule has 4 nitrogen and oxygen atoms in total. The van der Waals surface area contributed by atoms with Crippen molar-refractivity contribution in [1.82, 2.24) is 0 Å². The molecule has 0 saturated heterocycles. The molecule has 2 aromatic heterocycles. The number of para-hydroxylation sites is 1. The number of nitrogens with zero attached hydrogens (tertiary/aromatic N) is 4. The molecule has 18 aromatic rings. The number of fused-ring (bicyclic) bond motifs is 14. The van der Waals surface area contributed by atoms with Crippen molar-refractivity contribution in [3.05, 3.63) is 348 Å². The van der Waals surface area contributed by atoms with Crippen molar-refractivity contribution >= 4 is 174 Å². The average Bonchev–Trinajstić information content (AvgIpc) is 1.62. The Balaban J connectivity index is 0.673. The van der Waals surface area contributed by atoms with Crippen molar-refractivity contribution in [2.75, 3.05) is 19.6 Å². The first-order valence-electron chi connectivity index (χ1n) is 34.8. The van der Waals surface area contributed by atoms with Gasteiger partial charge in [-0.2, -0.15) is 0 Å². The molecule has 101 heavy (non-hydrogen) atoms. The average molecular weight is 1330 g/mol. The van der Waals surface area contributed by atoms with E-state index in [1.807, 2.05) is 22.7 Å². The van der Waals surface area contributed by atoms with Gasteiger partial charge in [-0.25, -0.2) is 0 Å². The zero-order chi connectivity index (χ0) is 68.1. The Kier molecular flexibility index (Phi) is 15.2. The van der Waals surface area contributed by atoms with Gasteiger partial charge in [-0.05, 0) is 278 Å². The lowest BCUT2D eigenvalue weighted by molar-refractivity contribution is 1.25. The van der Waals surface area contributed by atoms with E-state index in [9.17, 15) is 0 Å². The molecule has 0 aliphatic carbocycles. The third-order valence-corrected chi connectivity index (χ3v) is 22.8. The van der Waals surface area contributed by atoms with Crippen LogP contribution in [0.2, 0.25) is 0 Å². The first-order valence-corrected chi connectivity index (χ1v) is 36.5. The van der Waals surface area contributed by atoms with Gasteiger partial charge in [-0.3, -0.25) is 0 Å². The molecule has 0 aliphatic heterocycles. The second-order valence-corrected chi connectivity index (χ2v) is 29.6. The molecule has 484 valence electrons. The van der Waals surface area contributed by atoms with E-state index in [4.69, 9.17) is 0 Å². The molecule has 0 bridgehead atoms. The quantitative estimate of drug-likeness (QED) is 0.114. The molecule has 0 amide bonds. The smallest absolute Gasteiger partial charge is 0.0491 e. The fraction of sp³-hybridized carbons (Fsp3) is 0.0737. The molecule has 0 aliphatic rings. The van der Waals surface area contributed by atoms with Gasteiger partial charge in [0.2, 0.25) is 0 Å². The number of rotatable bonds is 13. The number of hydrogen-bond acceptors (Lipinski definition) is 6. The minimum Gasteiger partial charge on any atom is -0.310 e. The fourth-order valence-corrected chi connectivity index (χ4v) is 17.5. The Morgan fingerprint density at radius 2 is 0.465 bits per heavy atom. The Morgan fingerprint density at radius 3 is 0.782 bits per heavy atom. The Hall–Kier alpha value is -11.8. The van der Waals surface area contributed by atoms with E-state index in [0.29, 0.717) is 0 Å². The summed E-state index contributed by atoms with van der Waals surface area (Å²) in [6.07, 6.45) is 0. The summed E-state index contributed by atoms with van der Waals surface area (Å²) < 4.78 is 5.18. The molecule has 18 rings (SSSR count). The van der Waals surface area contributed by atoms with Crippen molar-refractivity contribution in [3.8, 4) is 11.1 Å². The summed E-state index contributed by atoms with van der Waals surface area (Å²) in [4.78, 5) is 9.60. The third kappa shape index (κ3) is 11.0. The van der Waals surface area contributed by atoms with Gasteiger partial charge in [0, 0.05) is 109 Å². The highest BCUT2D eigenvalue weighted by Gasteiger charge is 2.23. The van der Waals surface area contributed by atoms with E-state index in [1.54, 1.807) is 0 Å². The minimum absolute atomic E-state index is 1.09. The van der Waals surface area contributed by atoms with Crippen LogP contribution in [0.15, 0.2) is 309 Å². The molecule has 0 spiro atoms. The van der Waals surface area contributed by atoms with Crippen LogP contribution in [0.5, 0.6) is 0 Å². The molecule has 2 heterocycles. The van der Waals surface area contributed by atoms with E-state index in [0.717, 1.165) is 68.1 Å². The lowest BCUT2D eigenvalue weighted by atomic mass is 9.98. The van der Waals surface area contributed by atoms with Gasteiger partial charge in [0.25, 0.3) is 0 Å². The van der Waals surface area contributed by atoms with Crippen LogP contribution in [0, 0.1) is 48.5 Å². The summed E-state index contributed by atoms with van der Waals surface area (Å²) in [6.45, 7) is 15.2. The maximum atomic E-state index is 2.43. The summed E-state index contributed by atoms with van der Waals surface area (Å²) in [5, 5.41) is 15.2. The Bertz CT molecular complexity index is 6220. The van der Waals surface area contributed by atoms with Gasteiger partial charge in [-0.15, -0.1) is 22.7 Å². The second kappa shape index (κ2) is 24.9. The van der Waals surface area contributed by atoms with Crippen molar-refractivity contribution < 1.29 is 0 Å². The van der Waals surface area contributed by atoms with Gasteiger partial charge >= 0.3 is 0 Å². The third-order valence-electron chi connectivity index (χ3n) is 20.5. The van der Waals surface area contributed by atoms with E-state index in [-0.39, 0.29) is 0 Å². The van der Waals surface area contributed by atoms with Gasteiger partial charge in [0.05, 0.1) is 0 Å². The van der Waals surface area contributed by atoms with Gasteiger partial charge < -0.3 is 19.6 Å². The number of aryl methyl sites for hydroxylation is 7. The van der Waals surface area contributed by atoms with Crippen LogP contribution in [-0.2, 0) is 0 Å². The summed E-state index contributed by atoms with van der Waals surface area (Å²) in [5.74, 6) is 0. The van der Waals surface area contributed by atoms with E-state index >= 15 is 0 Å². The van der Waals surface area contributed by atoms with Crippen LogP contribution < -0.4 is 19.6 Å². The first kappa shape index (κ1) is 61.5. The minimum atomic E-state index is 1.09. The monoisotopic (exact) mass is 1330 g/mol. The van der Waals surface area contributed by atoms with Gasteiger partial charge in [0.15, 0.2) is 0 Å². The van der Waals surface area contributed by atoms with Crippen LogP contribution >= 0.6 is 22.7 Å². The molecule has 0 unspecified atom stereocenters. The maximum absolute atomic E-state index is 2.43. The molecular formula is C95H72N4S2. The zero-order valence-electron chi connectivity index (χ0n) is 57.6. The number of benzene rings is 16. The van der Waals surface area contributed by atoms with E-state index in [2.05, 4.69) is 377 Å². The standard InChI is InChI=1S/C95H72N4S2/c1-59-12-29-72(30-13-59)96(73-31-14-60(2)15-32-73)78-41-45-82-68(55-78)25-50-88-92(82)93-83-46-42-79(56-69(83)26-51-89(93)100-88)97(74-33-16-61(3)17-34-74)75-39-22-66(23-40-75)67-24-49-87(65(7)54-67)99(77-37-20-63(5)21-38-77)81-44-48-85-71(58-81)28-53-91-95(85)94-84-47-43-80(57-70(84)27-52-90(94)101-91)98(76-35-18-62(4)19-36-76)86-11-9-8-10-64(86)6/h8-58H,1-7H3. The second-order valence-electron chi connectivity index (χ2n) is 27.4. The van der Waals surface area contributed by atoms with Crippen LogP contribution in [0.4, 0.5) is 68.2 Å². The Morgan fingerprint density at radius 1 is 0.198 bits per heavy atom. The van der Waals surface area contributed by atoms with E-state index in [1.165, 1.54) is 134 Å². The molecule has 6 heteroatoms. The summed E-state index contributed by atoms with van der Waals surface area (Å²) in [7, 11) is 0. The highest BCUT2D eigenvalue weighted by molar-refractivity contribution is 7.26. The van der Waals surface area contributed by atoms with Crippen molar-refractivity contribution in [1.29, 1.82) is 0 Å². The van der Waals surface area contributed by atoms with E-state index < -0.39 is 0 Å². The lowest BCUT2D eigenvalue weighted by Crippen LogP contribution is -2.11. The fourth-order valence-electron chi connectivity index (χ4n) is 15.3. The highest BCUT2D eigenvalue weighted by Crippen LogP contribution is 2.49. The lowest BCUT2D eigenvalue weighted by Gasteiger charge is -2.28. The molecule has 0 radical (unpaired) electrons. The Labute approximate surface area is 597 Å². The molecule has 0 saturated carbocycles. The zero-order valence-corrected chi connectivity index (χ0v) is 59.2. The first-order chi connectivity index (χ1) is 49.4. The van der Waals surface area contributed by atoms with Crippen LogP contribution in [0.1, 0.15) is 38.9 Å². The SMILES string of the molecule is Cc1ccc(N(c2ccc(C)cc2)c2ccc3c(ccc4sc5ccc6cc(N(c7ccc(C)cc7)c7ccc(-c8ccc(N(c9ccc(C)cc9)c9ccc%10c(ccc%11sc%12ccc%13cc(N(c%14ccc(C)cc%14)c%14ccccc%14C)ccc%13c%12c%11%10)c9)c(C)c8)cc7)ccc6c5c43)c2)cc1. The largest absolute Gasteiger partial charge is 0.310 e. The molecule has 0 N–H and O–H groups in total. The highest BCUT2D eigenvalue weighted by atomic mass is 32.1. The molecule has 0 atom stereocenters. The molecule has 0 fully saturated rings. The molecular weight excluding hydrogens is 1260 g/mol. The number of hydrogen-bond donors (Lipinski definition) is 0. The van der Waals surface area contributed by atoms with Crippen molar-refractivity contribution in [2.45, 2.75) is 48.5 Å². The van der Waals surface area contributed by atoms with Gasteiger partial charge in [-0.1, -0.05) is 173 Å². The summed E-state index contributed by atoms with van der Waals surface area (Å²) in [5.41, 5.74) is 24.5. The summed E-state index contributed by atoms with van der Waals surface area (Å²) >= 11 is 3.76. The topological polar surface area (TPSA) is 13.0 Å². The van der Waals surface area contributed by atoms with Crippen molar-refractivity contribution in [2.24, 2.45) is 0 Å². The molecule has 16 aromatic carbocycles. The van der Waals surface area contributed by atoms with Crippen molar-refractivity contribution in [3.63, 3.8) is 0 Å². The van der Waals surface area contributed by atoms with Crippen LogP contribution in [0.25, 0.3) is 94.6 Å². The summed E-state index contributed by atoms with van der Waals surface area (Å²) in [6, 6.07) is 116. The van der Waals surface area contributed by atoms with Crippen LogP contribution in [0.3, 0.4) is 0 Å².